The molecule has 0 aliphatic carbocycles. The molecular formula is C19H20N4O3. The van der Waals surface area contributed by atoms with E-state index >= 15 is 0 Å². The number of amides is 1. The van der Waals surface area contributed by atoms with Gasteiger partial charge < -0.3 is 14.8 Å². The summed E-state index contributed by atoms with van der Waals surface area (Å²) >= 11 is 0. The predicted octanol–water partition coefficient (Wildman–Crippen LogP) is 3.32. The van der Waals surface area contributed by atoms with Crippen molar-refractivity contribution in [2.45, 2.75) is 13.8 Å². The van der Waals surface area contributed by atoms with Gasteiger partial charge in [-0.15, -0.1) is 5.10 Å². The molecule has 1 N–H and O–H groups in total. The minimum Gasteiger partial charge on any atom is -0.494 e. The second-order valence-corrected chi connectivity index (χ2v) is 5.33. The molecule has 0 radical (unpaired) electrons. The first-order chi connectivity index (χ1) is 12.7. The highest BCUT2D eigenvalue weighted by atomic mass is 16.5. The minimum atomic E-state index is -0.373. The largest absolute Gasteiger partial charge is 0.494 e. The number of anilines is 1. The van der Waals surface area contributed by atoms with Crippen LogP contribution in [0.2, 0.25) is 0 Å². The Kier molecular flexibility index (Phi) is 5.48. The highest BCUT2D eigenvalue weighted by Gasteiger charge is 2.15. The summed E-state index contributed by atoms with van der Waals surface area (Å²) in [6.07, 6.45) is 1.43. The molecule has 0 bridgehead atoms. The fraction of sp³-hybridized carbons (Fsp3) is 0.211. The molecule has 134 valence electrons. The summed E-state index contributed by atoms with van der Waals surface area (Å²) in [6.45, 7) is 4.80. The number of ether oxygens (including phenoxy) is 2. The fourth-order valence-electron chi connectivity index (χ4n) is 2.38. The van der Waals surface area contributed by atoms with Crippen molar-refractivity contribution in [3.8, 4) is 17.2 Å². The zero-order valence-electron chi connectivity index (χ0n) is 14.7. The van der Waals surface area contributed by atoms with E-state index in [1.807, 2.05) is 44.2 Å². The Morgan fingerprint density at radius 2 is 1.85 bits per heavy atom. The molecule has 0 atom stereocenters. The van der Waals surface area contributed by atoms with Gasteiger partial charge in [-0.3, -0.25) is 4.79 Å². The van der Waals surface area contributed by atoms with Gasteiger partial charge >= 0.3 is 0 Å². The van der Waals surface area contributed by atoms with Crippen molar-refractivity contribution in [3.05, 3.63) is 60.4 Å². The fourth-order valence-corrected chi connectivity index (χ4v) is 2.38. The van der Waals surface area contributed by atoms with Crippen LogP contribution in [0.15, 0.2) is 54.7 Å². The number of carbonyl (C=O) groups is 1. The zero-order chi connectivity index (χ0) is 18.4. The third kappa shape index (κ3) is 4.00. The maximum atomic E-state index is 12.6. The lowest BCUT2D eigenvalue weighted by Gasteiger charge is -2.12. The molecule has 0 aliphatic rings. The van der Waals surface area contributed by atoms with Crippen molar-refractivity contribution in [2.24, 2.45) is 0 Å². The number of nitrogens with one attached hydrogen (secondary N) is 1. The number of benzene rings is 2. The summed E-state index contributed by atoms with van der Waals surface area (Å²) in [4.78, 5) is 14.0. The van der Waals surface area contributed by atoms with Crippen LogP contribution >= 0.6 is 0 Å². The van der Waals surface area contributed by atoms with Crippen molar-refractivity contribution < 1.29 is 14.3 Å². The molecule has 1 aromatic heterocycles. The number of para-hydroxylation sites is 1. The number of nitrogens with zero attached hydrogens (tertiary/aromatic N) is 3. The van der Waals surface area contributed by atoms with Gasteiger partial charge in [-0.25, -0.2) is 0 Å². The number of carbonyl (C=O) groups excluding carboxylic acids is 1. The number of hydrogen-bond acceptors (Lipinski definition) is 5. The van der Waals surface area contributed by atoms with Crippen molar-refractivity contribution in [1.82, 2.24) is 15.0 Å². The normalized spacial score (nSPS) is 10.4. The average Bonchev–Trinajstić information content (AvgIpc) is 3.15. The van der Waals surface area contributed by atoms with E-state index in [4.69, 9.17) is 9.47 Å². The van der Waals surface area contributed by atoms with Crippen LogP contribution < -0.4 is 14.8 Å². The Labute approximate surface area is 151 Å². The molecular weight excluding hydrogens is 332 g/mol. The monoisotopic (exact) mass is 352 g/mol. The Morgan fingerprint density at radius 3 is 2.58 bits per heavy atom. The first kappa shape index (κ1) is 17.5. The van der Waals surface area contributed by atoms with Crippen LogP contribution in [0.25, 0.3) is 5.69 Å². The summed E-state index contributed by atoms with van der Waals surface area (Å²) in [5.74, 6) is 0.848. The summed E-state index contributed by atoms with van der Waals surface area (Å²) in [5, 5.41) is 11.2. The highest BCUT2D eigenvalue weighted by molar-refractivity contribution is 6.03. The molecule has 0 saturated carbocycles. The van der Waals surface area contributed by atoms with Gasteiger partial charge in [0, 0.05) is 6.07 Å². The average molecular weight is 352 g/mol. The lowest BCUT2D eigenvalue weighted by molar-refractivity contribution is 0.102. The van der Waals surface area contributed by atoms with E-state index in [2.05, 4.69) is 15.5 Å². The summed E-state index contributed by atoms with van der Waals surface area (Å²) in [7, 11) is 0. The summed E-state index contributed by atoms with van der Waals surface area (Å²) in [5.41, 5.74) is 1.51. The molecule has 3 aromatic rings. The Morgan fingerprint density at radius 1 is 1.08 bits per heavy atom. The third-order valence-electron chi connectivity index (χ3n) is 3.52. The Bertz CT molecular complexity index is 878. The molecule has 0 aliphatic heterocycles. The van der Waals surface area contributed by atoms with Gasteiger partial charge in [-0.05, 0) is 38.1 Å². The van der Waals surface area contributed by atoms with Crippen LogP contribution in [0, 0.1) is 0 Å². The van der Waals surface area contributed by atoms with E-state index in [0.717, 1.165) is 5.69 Å². The van der Waals surface area contributed by atoms with Gasteiger partial charge in [0.1, 0.15) is 11.5 Å². The van der Waals surface area contributed by atoms with Crippen molar-refractivity contribution in [3.63, 3.8) is 0 Å². The van der Waals surface area contributed by atoms with Gasteiger partial charge in [-0.1, -0.05) is 18.2 Å². The molecule has 3 rings (SSSR count). The standard InChI is InChI=1S/C19H20N4O3/c1-3-25-15-10-11-18(26-4-2)16(12-15)21-19(24)17-13-20-23(22-17)14-8-6-5-7-9-14/h5-13H,3-4H2,1-2H3,(H,21,24). The van der Waals surface area contributed by atoms with Crippen LogP contribution in [0.3, 0.4) is 0 Å². The van der Waals surface area contributed by atoms with Crippen molar-refractivity contribution in [1.29, 1.82) is 0 Å². The number of aromatic nitrogens is 3. The highest BCUT2D eigenvalue weighted by Crippen LogP contribution is 2.29. The van der Waals surface area contributed by atoms with E-state index in [-0.39, 0.29) is 11.6 Å². The molecule has 0 fully saturated rings. The van der Waals surface area contributed by atoms with Gasteiger partial charge in [-0.2, -0.15) is 9.90 Å². The molecule has 26 heavy (non-hydrogen) atoms. The van der Waals surface area contributed by atoms with E-state index < -0.39 is 0 Å². The quantitative estimate of drug-likeness (QED) is 0.706. The second kappa shape index (κ2) is 8.15. The van der Waals surface area contributed by atoms with Gasteiger partial charge in [0.2, 0.25) is 0 Å². The lowest BCUT2D eigenvalue weighted by Crippen LogP contribution is -2.14. The molecule has 0 saturated heterocycles. The maximum Gasteiger partial charge on any atom is 0.277 e. The first-order valence-corrected chi connectivity index (χ1v) is 8.40. The zero-order valence-corrected chi connectivity index (χ0v) is 14.7. The SMILES string of the molecule is CCOc1ccc(OCC)c(NC(=O)c2cnn(-c3ccccc3)n2)c1. The summed E-state index contributed by atoms with van der Waals surface area (Å²) < 4.78 is 11.1. The molecule has 0 unspecified atom stereocenters. The molecule has 1 amide bonds. The molecule has 7 nitrogen and oxygen atoms in total. The molecule has 1 heterocycles. The summed E-state index contributed by atoms with van der Waals surface area (Å²) in [6, 6.07) is 14.7. The molecule has 0 spiro atoms. The molecule has 2 aromatic carbocycles. The van der Waals surface area contributed by atoms with Gasteiger partial charge in [0.15, 0.2) is 5.69 Å². The second-order valence-electron chi connectivity index (χ2n) is 5.33. The Balaban J connectivity index is 1.81. The van der Waals surface area contributed by atoms with Gasteiger partial charge in [0.05, 0.1) is 30.8 Å². The van der Waals surface area contributed by atoms with E-state index in [1.54, 1.807) is 18.2 Å². The predicted molar refractivity (Wildman–Crippen MR) is 98.1 cm³/mol. The van der Waals surface area contributed by atoms with Crippen LogP contribution in [-0.2, 0) is 0 Å². The first-order valence-electron chi connectivity index (χ1n) is 8.40. The topological polar surface area (TPSA) is 78.3 Å². The lowest BCUT2D eigenvalue weighted by atomic mass is 10.2. The van der Waals surface area contributed by atoms with Crippen LogP contribution in [0.1, 0.15) is 24.3 Å². The third-order valence-corrected chi connectivity index (χ3v) is 3.52. The van der Waals surface area contributed by atoms with Crippen molar-refractivity contribution in [2.75, 3.05) is 18.5 Å². The minimum absolute atomic E-state index is 0.207. The smallest absolute Gasteiger partial charge is 0.277 e. The molecule has 7 heteroatoms. The van der Waals surface area contributed by atoms with Crippen LogP contribution in [0.4, 0.5) is 5.69 Å². The number of rotatable bonds is 7. The van der Waals surface area contributed by atoms with Crippen molar-refractivity contribution >= 4 is 11.6 Å². The van der Waals surface area contributed by atoms with E-state index in [1.165, 1.54) is 11.0 Å². The maximum absolute atomic E-state index is 12.6. The van der Waals surface area contributed by atoms with Gasteiger partial charge in [0.25, 0.3) is 5.91 Å². The Hall–Kier alpha value is -3.35. The van der Waals surface area contributed by atoms with E-state index in [9.17, 15) is 4.79 Å². The van der Waals surface area contributed by atoms with E-state index in [0.29, 0.717) is 30.4 Å². The van der Waals surface area contributed by atoms with Crippen LogP contribution in [-0.4, -0.2) is 34.1 Å². The number of hydrogen-bond donors (Lipinski definition) is 1. The van der Waals surface area contributed by atoms with Crippen LogP contribution in [0.5, 0.6) is 11.5 Å².